The maximum atomic E-state index is 12.3. The molecule has 0 radical (unpaired) electrons. The fourth-order valence-corrected chi connectivity index (χ4v) is 2.33. The van der Waals surface area contributed by atoms with Crippen molar-refractivity contribution in [1.29, 1.82) is 0 Å². The van der Waals surface area contributed by atoms with Crippen molar-refractivity contribution in [3.63, 3.8) is 0 Å². The predicted octanol–water partition coefficient (Wildman–Crippen LogP) is 2.79. The third-order valence-electron chi connectivity index (χ3n) is 3.47. The second kappa shape index (κ2) is 6.33. The van der Waals surface area contributed by atoms with Crippen molar-refractivity contribution >= 4 is 23.3 Å². The molecule has 1 N–H and O–H groups in total. The summed E-state index contributed by atoms with van der Waals surface area (Å²) in [6, 6.07) is 13.8. The summed E-state index contributed by atoms with van der Waals surface area (Å²) in [5.74, 6) is -2.23. The lowest BCUT2D eigenvalue weighted by Gasteiger charge is -2.23. The van der Waals surface area contributed by atoms with Gasteiger partial charge in [-0.2, -0.15) is 4.98 Å². The molecular formula is C17H13N3O4. The molecule has 0 aliphatic rings. The van der Waals surface area contributed by atoms with Gasteiger partial charge in [-0.05, 0) is 30.7 Å². The molecular weight excluding hydrogens is 310 g/mol. The van der Waals surface area contributed by atoms with Crippen molar-refractivity contribution in [1.82, 2.24) is 10.1 Å². The SMILES string of the molecule is Cc1ccc(-c2ncon2)cc1N(C(=O)C(=O)O)c1ccccc1. The van der Waals surface area contributed by atoms with Crippen LogP contribution in [0.3, 0.4) is 0 Å². The number of aliphatic carboxylic acids is 1. The van der Waals surface area contributed by atoms with E-state index >= 15 is 0 Å². The van der Waals surface area contributed by atoms with Gasteiger partial charge in [0.1, 0.15) is 0 Å². The van der Waals surface area contributed by atoms with Crippen molar-refractivity contribution in [2.45, 2.75) is 6.92 Å². The van der Waals surface area contributed by atoms with Crippen LogP contribution in [-0.2, 0) is 9.59 Å². The number of carboxylic acids is 1. The van der Waals surface area contributed by atoms with Crippen LogP contribution >= 0.6 is 0 Å². The Morgan fingerprint density at radius 1 is 1.12 bits per heavy atom. The van der Waals surface area contributed by atoms with E-state index in [9.17, 15) is 14.7 Å². The molecule has 0 aliphatic heterocycles. The van der Waals surface area contributed by atoms with Gasteiger partial charge >= 0.3 is 11.9 Å². The van der Waals surface area contributed by atoms with E-state index in [2.05, 4.69) is 10.1 Å². The minimum Gasteiger partial charge on any atom is -0.474 e. The monoisotopic (exact) mass is 323 g/mol. The molecule has 0 atom stereocenters. The minimum absolute atomic E-state index is 0.354. The maximum absolute atomic E-state index is 12.3. The first-order chi connectivity index (χ1) is 11.6. The Kier molecular flexibility index (Phi) is 4.07. The zero-order valence-electron chi connectivity index (χ0n) is 12.7. The molecule has 1 aromatic heterocycles. The van der Waals surface area contributed by atoms with E-state index < -0.39 is 11.9 Å². The van der Waals surface area contributed by atoms with Crippen molar-refractivity contribution in [3.05, 3.63) is 60.5 Å². The van der Waals surface area contributed by atoms with Gasteiger partial charge in [0.05, 0.1) is 5.69 Å². The number of aromatic nitrogens is 2. The highest BCUT2D eigenvalue weighted by atomic mass is 16.5. The molecule has 0 saturated heterocycles. The summed E-state index contributed by atoms with van der Waals surface area (Å²) < 4.78 is 4.73. The van der Waals surface area contributed by atoms with Crippen LogP contribution in [0, 0.1) is 6.92 Å². The number of hydrogen-bond acceptors (Lipinski definition) is 5. The van der Waals surface area contributed by atoms with E-state index in [4.69, 9.17) is 4.52 Å². The first-order valence-corrected chi connectivity index (χ1v) is 7.08. The Balaban J connectivity index is 2.16. The van der Waals surface area contributed by atoms with Gasteiger partial charge in [0, 0.05) is 11.3 Å². The van der Waals surface area contributed by atoms with E-state index in [0.29, 0.717) is 22.8 Å². The van der Waals surface area contributed by atoms with Gasteiger partial charge < -0.3 is 9.63 Å². The number of rotatable bonds is 3. The van der Waals surface area contributed by atoms with Crippen LogP contribution in [0.2, 0.25) is 0 Å². The number of nitrogens with zero attached hydrogens (tertiary/aromatic N) is 3. The van der Waals surface area contributed by atoms with Gasteiger partial charge in [0.15, 0.2) is 0 Å². The largest absolute Gasteiger partial charge is 0.474 e. The van der Waals surface area contributed by atoms with E-state index in [0.717, 1.165) is 10.5 Å². The van der Waals surface area contributed by atoms with Crippen LogP contribution < -0.4 is 4.90 Å². The number of hydrogen-bond donors (Lipinski definition) is 1. The molecule has 7 nitrogen and oxygen atoms in total. The highest BCUT2D eigenvalue weighted by Crippen LogP contribution is 2.31. The van der Waals surface area contributed by atoms with Crippen molar-refractivity contribution in [3.8, 4) is 11.4 Å². The zero-order chi connectivity index (χ0) is 17.1. The molecule has 0 aliphatic carbocycles. The third-order valence-corrected chi connectivity index (χ3v) is 3.47. The van der Waals surface area contributed by atoms with Crippen LogP contribution in [0.15, 0.2) is 59.4 Å². The van der Waals surface area contributed by atoms with Crippen LogP contribution in [0.25, 0.3) is 11.4 Å². The van der Waals surface area contributed by atoms with Gasteiger partial charge in [-0.15, -0.1) is 0 Å². The molecule has 0 saturated carbocycles. The fraction of sp³-hybridized carbons (Fsp3) is 0.0588. The number of carbonyl (C=O) groups excluding carboxylic acids is 1. The third kappa shape index (κ3) is 2.87. The molecule has 120 valence electrons. The lowest BCUT2D eigenvalue weighted by molar-refractivity contribution is -0.148. The predicted molar refractivity (Wildman–Crippen MR) is 85.7 cm³/mol. The van der Waals surface area contributed by atoms with Gasteiger partial charge in [-0.3, -0.25) is 9.69 Å². The molecule has 3 rings (SSSR count). The number of benzene rings is 2. The highest BCUT2D eigenvalue weighted by molar-refractivity contribution is 6.39. The van der Waals surface area contributed by atoms with Crippen LogP contribution in [-0.4, -0.2) is 27.1 Å². The Bertz CT molecular complexity index is 876. The van der Waals surface area contributed by atoms with Crippen molar-refractivity contribution in [2.75, 3.05) is 4.90 Å². The molecule has 0 unspecified atom stereocenters. The molecule has 0 spiro atoms. The van der Waals surface area contributed by atoms with Gasteiger partial charge in [0.25, 0.3) is 0 Å². The lowest BCUT2D eigenvalue weighted by Crippen LogP contribution is -2.33. The fourth-order valence-electron chi connectivity index (χ4n) is 2.33. The van der Waals surface area contributed by atoms with E-state index in [1.165, 1.54) is 6.39 Å². The van der Waals surface area contributed by atoms with Crippen LogP contribution in [0.1, 0.15) is 5.56 Å². The summed E-state index contributed by atoms with van der Waals surface area (Å²) >= 11 is 0. The Hall–Kier alpha value is -3.48. The zero-order valence-corrected chi connectivity index (χ0v) is 12.7. The van der Waals surface area contributed by atoms with E-state index in [1.54, 1.807) is 55.5 Å². The number of carbonyl (C=O) groups is 2. The molecule has 24 heavy (non-hydrogen) atoms. The van der Waals surface area contributed by atoms with Gasteiger partial charge in [-0.1, -0.05) is 35.5 Å². The number of anilines is 2. The molecule has 2 aromatic carbocycles. The molecule has 1 heterocycles. The smallest absolute Gasteiger partial charge is 0.395 e. The van der Waals surface area contributed by atoms with Gasteiger partial charge in [-0.25, -0.2) is 4.79 Å². The summed E-state index contributed by atoms with van der Waals surface area (Å²) in [4.78, 5) is 28.7. The molecule has 1 amide bonds. The first kappa shape index (κ1) is 15.4. The minimum atomic E-state index is -1.54. The quantitative estimate of drug-likeness (QED) is 0.744. The number of aryl methyl sites for hydroxylation is 1. The van der Waals surface area contributed by atoms with Crippen molar-refractivity contribution in [2.24, 2.45) is 0 Å². The van der Waals surface area contributed by atoms with Crippen LogP contribution in [0.4, 0.5) is 11.4 Å². The van der Waals surface area contributed by atoms with Crippen molar-refractivity contribution < 1.29 is 19.2 Å². The topological polar surface area (TPSA) is 96.5 Å². The first-order valence-electron chi connectivity index (χ1n) is 7.08. The van der Waals surface area contributed by atoms with Gasteiger partial charge in [0.2, 0.25) is 12.2 Å². The highest BCUT2D eigenvalue weighted by Gasteiger charge is 2.26. The molecule has 7 heteroatoms. The molecule has 0 bridgehead atoms. The van der Waals surface area contributed by atoms with E-state index in [-0.39, 0.29) is 0 Å². The average Bonchev–Trinajstić information content (AvgIpc) is 3.12. The molecule has 0 fully saturated rings. The van der Waals surface area contributed by atoms with E-state index in [1.807, 2.05) is 0 Å². The summed E-state index contributed by atoms with van der Waals surface area (Å²) in [5.41, 5.74) is 2.25. The second-order valence-corrected chi connectivity index (χ2v) is 5.04. The second-order valence-electron chi connectivity index (χ2n) is 5.04. The normalized spacial score (nSPS) is 10.4. The van der Waals surface area contributed by atoms with Crippen LogP contribution in [0.5, 0.6) is 0 Å². The standard InChI is InChI=1S/C17H13N3O4/c1-11-7-8-12(15-18-10-24-19-15)9-14(11)20(16(21)17(22)23)13-5-3-2-4-6-13/h2-10H,1H3,(H,22,23). The Morgan fingerprint density at radius 2 is 1.88 bits per heavy atom. The maximum Gasteiger partial charge on any atom is 0.395 e. The summed E-state index contributed by atoms with van der Waals surface area (Å²) in [7, 11) is 0. The Morgan fingerprint density at radius 3 is 2.50 bits per heavy atom. The number of amides is 1. The Labute approximate surface area is 137 Å². The number of carboxylic acid groups (broad SMARTS) is 1. The lowest BCUT2D eigenvalue weighted by atomic mass is 10.1. The average molecular weight is 323 g/mol. The number of para-hydroxylation sites is 1. The summed E-state index contributed by atoms with van der Waals surface area (Å²) in [5, 5.41) is 13.0. The summed E-state index contributed by atoms with van der Waals surface area (Å²) in [6.07, 6.45) is 1.20. The summed E-state index contributed by atoms with van der Waals surface area (Å²) in [6.45, 7) is 1.79. The molecule has 3 aromatic rings.